The second-order valence-corrected chi connectivity index (χ2v) is 8.89. The number of anilines is 2. The lowest BCUT2D eigenvalue weighted by Crippen LogP contribution is -2.09. The maximum absolute atomic E-state index is 14.4. The molecule has 1 aromatic carbocycles. The largest absolute Gasteiger partial charge is 0.436 e. The molecule has 0 radical (unpaired) electrons. The maximum Gasteiger partial charge on any atom is 0.219 e. The van der Waals surface area contributed by atoms with Crippen molar-refractivity contribution in [3.63, 3.8) is 0 Å². The number of nitrogens with one attached hydrogen (secondary N) is 2. The zero-order valence-electron chi connectivity index (χ0n) is 20.7. The van der Waals surface area contributed by atoms with E-state index in [1.807, 2.05) is 0 Å². The minimum Gasteiger partial charge on any atom is -0.436 e. The van der Waals surface area contributed by atoms with E-state index in [1.54, 1.807) is 26.8 Å². The van der Waals surface area contributed by atoms with Crippen molar-refractivity contribution in [3.8, 4) is 11.6 Å². The van der Waals surface area contributed by atoms with Gasteiger partial charge in [0, 0.05) is 17.0 Å². The van der Waals surface area contributed by atoms with Crippen LogP contribution in [0.25, 0.3) is 16.6 Å². The average molecular weight is 539 g/mol. The topological polar surface area (TPSA) is 128 Å². The number of carbonyl (C=O) groups is 2. The monoisotopic (exact) mass is 538 g/mol. The molecule has 0 aliphatic rings. The second kappa shape index (κ2) is 11.3. The molecule has 0 fully saturated rings. The molecule has 0 atom stereocenters. The number of carbonyl (C=O) groups excluding carboxylic acids is 2. The summed E-state index contributed by atoms with van der Waals surface area (Å²) in [6.45, 7) is 4.99. The number of aryl methyl sites for hydroxylation is 1. The van der Waals surface area contributed by atoms with E-state index < -0.39 is 17.4 Å². The van der Waals surface area contributed by atoms with E-state index in [0.717, 1.165) is 11.9 Å². The molecule has 0 aliphatic heterocycles. The number of nitrogens with two attached hydrogens (primary N) is 1. The molecule has 0 spiro atoms. The Hall–Kier alpha value is -4.45. The summed E-state index contributed by atoms with van der Waals surface area (Å²) >= 11 is 1.05. The molecule has 3 heterocycles. The normalized spacial score (nSPS) is 12.1. The molecule has 3 aromatic heterocycles. The number of ketones is 1. The summed E-state index contributed by atoms with van der Waals surface area (Å²) in [5.74, 6) is -1.00. The van der Waals surface area contributed by atoms with Crippen molar-refractivity contribution in [2.24, 2.45) is 0 Å². The average Bonchev–Trinajstić information content (AvgIpc) is 3.49. The SMILES string of the molecule is C/C=C(F)\C(=C/C)Oc1cc(C)c(-n2ncc(C(=O)c3cc4cc(F)c(NSCC=O)cc4[nH]3)c2N)cn1. The van der Waals surface area contributed by atoms with Gasteiger partial charge < -0.3 is 25.0 Å². The summed E-state index contributed by atoms with van der Waals surface area (Å²) in [7, 11) is 0. The molecule has 0 aliphatic carbocycles. The number of allylic oxidation sites excluding steroid dienone is 3. The third-order valence-corrected chi connectivity index (χ3v) is 6.26. The van der Waals surface area contributed by atoms with Crippen LogP contribution in [-0.4, -0.2) is 37.6 Å². The van der Waals surface area contributed by atoms with Crippen LogP contribution in [0.3, 0.4) is 0 Å². The first kappa shape index (κ1) is 26.6. The molecule has 0 bridgehead atoms. The highest BCUT2D eigenvalue weighted by atomic mass is 32.2. The van der Waals surface area contributed by atoms with E-state index in [0.29, 0.717) is 28.4 Å². The lowest BCUT2D eigenvalue weighted by molar-refractivity contribution is -0.105. The minimum atomic E-state index is -0.522. The summed E-state index contributed by atoms with van der Waals surface area (Å²) in [5.41, 5.74) is 8.52. The van der Waals surface area contributed by atoms with Crippen molar-refractivity contribution >= 4 is 46.4 Å². The van der Waals surface area contributed by atoms with E-state index >= 15 is 0 Å². The Morgan fingerprint density at radius 3 is 2.71 bits per heavy atom. The molecule has 38 heavy (non-hydrogen) atoms. The van der Waals surface area contributed by atoms with Crippen molar-refractivity contribution in [3.05, 3.63) is 83.0 Å². The summed E-state index contributed by atoms with van der Waals surface area (Å²) in [4.78, 5) is 31.0. The van der Waals surface area contributed by atoms with Crippen molar-refractivity contribution in [1.82, 2.24) is 19.7 Å². The lowest BCUT2D eigenvalue weighted by atomic mass is 10.1. The molecule has 12 heteroatoms. The molecule has 0 saturated carbocycles. The molecular formula is C26H24F2N6O3S. The predicted molar refractivity (Wildman–Crippen MR) is 144 cm³/mol. The van der Waals surface area contributed by atoms with Gasteiger partial charge in [-0.05, 0) is 68.6 Å². The Morgan fingerprint density at radius 2 is 2.03 bits per heavy atom. The number of rotatable bonds is 10. The number of pyridine rings is 1. The molecule has 4 N–H and O–H groups in total. The van der Waals surface area contributed by atoms with Gasteiger partial charge in [0.2, 0.25) is 11.7 Å². The highest BCUT2D eigenvalue weighted by molar-refractivity contribution is 8.01. The number of hydrogen-bond donors (Lipinski definition) is 3. The number of aromatic nitrogens is 4. The highest BCUT2D eigenvalue weighted by Gasteiger charge is 2.21. The number of ether oxygens (including phenoxy) is 1. The fourth-order valence-electron chi connectivity index (χ4n) is 3.68. The summed E-state index contributed by atoms with van der Waals surface area (Å²) in [5, 5.41) is 4.75. The van der Waals surface area contributed by atoms with Crippen LogP contribution in [0.15, 0.2) is 60.4 Å². The number of fused-ring (bicyclic) bond motifs is 1. The predicted octanol–water partition coefficient (Wildman–Crippen LogP) is 5.42. The van der Waals surface area contributed by atoms with Crippen LogP contribution in [-0.2, 0) is 4.79 Å². The highest BCUT2D eigenvalue weighted by Crippen LogP contribution is 2.28. The standard InChI is InChI=1S/C26H24F2N6O3S/c1-4-17(27)23(5-2)37-24-8-14(3)22(13-30-24)34-26(29)16(12-31-34)25(36)21-10-15-9-18(28)20(11-19(15)32-21)33-38-7-6-35/h4-6,8-13,32-33H,7,29H2,1-3H3/b17-4+,23-5+. The van der Waals surface area contributed by atoms with Crippen LogP contribution in [0.2, 0.25) is 0 Å². The number of hydrogen-bond acceptors (Lipinski definition) is 8. The lowest BCUT2D eigenvalue weighted by Gasteiger charge is -2.11. The molecule has 4 aromatic rings. The Bertz CT molecular complexity index is 1590. The Labute approximate surface area is 220 Å². The summed E-state index contributed by atoms with van der Waals surface area (Å²) in [6.07, 6.45) is 6.29. The Kier molecular flexibility index (Phi) is 7.91. The molecule has 0 unspecified atom stereocenters. The number of aromatic amines is 1. The number of aldehydes is 1. The van der Waals surface area contributed by atoms with Gasteiger partial charge >= 0.3 is 0 Å². The molecular weight excluding hydrogens is 514 g/mol. The number of H-pyrrole nitrogens is 1. The van der Waals surface area contributed by atoms with Crippen LogP contribution in [0.1, 0.15) is 35.5 Å². The van der Waals surface area contributed by atoms with Crippen LogP contribution < -0.4 is 15.2 Å². The van der Waals surface area contributed by atoms with E-state index in [1.165, 1.54) is 47.4 Å². The Morgan fingerprint density at radius 1 is 1.24 bits per heavy atom. The molecule has 9 nitrogen and oxygen atoms in total. The second-order valence-electron chi connectivity index (χ2n) is 8.07. The fourth-order valence-corrected chi connectivity index (χ4v) is 4.14. The van der Waals surface area contributed by atoms with Gasteiger partial charge in [0.05, 0.1) is 40.8 Å². The Balaban J connectivity index is 1.60. The first-order chi connectivity index (χ1) is 18.3. The molecule has 196 valence electrons. The van der Waals surface area contributed by atoms with Gasteiger partial charge in [-0.1, -0.05) is 0 Å². The van der Waals surface area contributed by atoms with Crippen molar-refractivity contribution in [2.45, 2.75) is 20.8 Å². The minimum absolute atomic E-state index is 0.0412. The molecule has 0 amide bonds. The van der Waals surface area contributed by atoms with E-state index in [9.17, 15) is 18.4 Å². The molecule has 0 saturated heterocycles. The van der Waals surface area contributed by atoms with Crippen LogP contribution in [0.4, 0.5) is 20.3 Å². The van der Waals surface area contributed by atoms with Gasteiger partial charge in [-0.2, -0.15) is 5.10 Å². The van der Waals surface area contributed by atoms with Crippen molar-refractivity contribution < 1.29 is 23.1 Å². The third kappa shape index (κ3) is 5.30. The van der Waals surface area contributed by atoms with E-state index in [-0.39, 0.29) is 40.2 Å². The van der Waals surface area contributed by atoms with Gasteiger partial charge in [-0.25, -0.2) is 18.4 Å². The first-order valence-corrected chi connectivity index (χ1v) is 12.4. The van der Waals surface area contributed by atoms with E-state index in [2.05, 4.69) is 19.8 Å². The van der Waals surface area contributed by atoms with Crippen LogP contribution in [0.5, 0.6) is 5.88 Å². The third-order valence-electron chi connectivity index (χ3n) is 5.59. The first-order valence-electron chi connectivity index (χ1n) is 11.4. The number of benzene rings is 1. The van der Waals surface area contributed by atoms with Crippen LogP contribution >= 0.6 is 11.9 Å². The van der Waals surface area contributed by atoms with Gasteiger partial charge in [0.25, 0.3) is 0 Å². The maximum atomic E-state index is 14.4. The quantitative estimate of drug-likeness (QED) is 0.0610. The fraction of sp³-hybridized carbons (Fsp3) is 0.154. The van der Waals surface area contributed by atoms with Crippen molar-refractivity contribution in [2.75, 3.05) is 16.2 Å². The van der Waals surface area contributed by atoms with Crippen LogP contribution in [0, 0.1) is 12.7 Å². The number of nitrogen functional groups attached to an aromatic ring is 1. The van der Waals surface area contributed by atoms with Gasteiger partial charge in [0.15, 0.2) is 11.6 Å². The number of halogens is 2. The smallest absolute Gasteiger partial charge is 0.219 e. The van der Waals surface area contributed by atoms with Crippen molar-refractivity contribution in [1.29, 1.82) is 0 Å². The van der Waals surface area contributed by atoms with Gasteiger partial charge in [-0.3, -0.25) is 4.79 Å². The summed E-state index contributed by atoms with van der Waals surface area (Å²) < 4.78 is 38.0. The van der Waals surface area contributed by atoms with Gasteiger partial charge in [0.1, 0.15) is 17.9 Å². The zero-order valence-corrected chi connectivity index (χ0v) is 21.5. The summed E-state index contributed by atoms with van der Waals surface area (Å²) in [6, 6.07) is 5.95. The van der Waals surface area contributed by atoms with E-state index in [4.69, 9.17) is 10.5 Å². The zero-order chi connectivity index (χ0) is 27.4. The molecule has 4 rings (SSSR count). The number of nitrogens with zero attached hydrogens (tertiary/aromatic N) is 3. The van der Waals surface area contributed by atoms with Gasteiger partial charge in [-0.15, -0.1) is 0 Å².